The normalized spacial score (nSPS) is 11.0. The van der Waals surface area contributed by atoms with E-state index in [-0.39, 0.29) is 11.8 Å². The number of hydrogen-bond acceptors (Lipinski definition) is 4. The molecule has 1 aliphatic heterocycles. The lowest BCUT2D eigenvalue weighted by atomic mass is 9.91. The van der Waals surface area contributed by atoms with Gasteiger partial charge in [-0.3, -0.25) is 9.59 Å². The molecule has 1 aromatic carbocycles. The zero-order valence-electron chi connectivity index (χ0n) is 11.4. The van der Waals surface area contributed by atoms with Crippen LogP contribution in [0.5, 0.6) is 0 Å². The Kier molecular flexibility index (Phi) is 3.21. The summed E-state index contributed by atoms with van der Waals surface area (Å²) in [4.78, 5) is 26.5. The van der Waals surface area contributed by atoms with Crippen LogP contribution in [0.3, 0.4) is 0 Å². The molecule has 1 heterocycles. The van der Waals surface area contributed by atoms with Crippen LogP contribution in [-0.2, 0) is 11.2 Å². The van der Waals surface area contributed by atoms with Crippen molar-refractivity contribution in [3.63, 3.8) is 0 Å². The lowest BCUT2D eigenvalue weighted by molar-refractivity contribution is -0.136. The van der Waals surface area contributed by atoms with Crippen molar-refractivity contribution in [2.24, 2.45) is 0 Å². The predicted octanol–water partition coefficient (Wildman–Crippen LogP) is 0.568. The molecule has 0 fully saturated rings. The van der Waals surface area contributed by atoms with E-state index < -0.39 is 5.97 Å². The predicted molar refractivity (Wildman–Crippen MR) is 81.0 cm³/mol. The van der Waals surface area contributed by atoms with E-state index in [1.54, 1.807) is 6.07 Å². The zero-order valence-corrected chi connectivity index (χ0v) is 11.4. The van der Waals surface area contributed by atoms with Crippen molar-refractivity contribution in [2.75, 3.05) is 0 Å². The van der Waals surface area contributed by atoms with Crippen molar-refractivity contribution in [3.05, 3.63) is 46.1 Å². The first-order chi connectivity index (χ1) is 10.0. The molecule has 1 N–H and O–H groups in total. The summed E-state index contributed by atoms with van der Waals surface area (Å²) in [5.41, 5.74) is 3.55. The van der Waals surface area contributed by atoms with Gasteiger partial charge in [0.1, 0.15) is 24.6 Å². The van der Waals surface area contributed by atoms with Gasteiger partial charge in [0.15, 0.2) is 11.2 Å². The van der Waals surface area contributed by atoms with Gasteiger partial charge in [-0.25, -0.2) is 4.98 Å². The summed E-state index contributed by atoms with van der Waals surface area (Å²) >= 11 is 0. The second-order valence-corrected chi connectivity index (χ2v) is 5.00. The van der Waals surface area contributed by atoms with Gasteiger partial charge < -0.3 is 9.52 Å². The van der Waals surface area contributed by atoms with Gasteiger partial charge >= 0.3 is 5.97 Å². The topological polar surface area (TPSA) is 80.4 Å². The van der Waals surface area contributed by atoms with E-state index in [9.17, 15) is 9.59 Å². The minimum Gasteiger partial charge on any atom is -0.481 e. The Labute approximate surface area is 121 Å². The third-order valence-electron chi connectivity index (χ3n) is 3.33. The van der Waals surface area contributed by atoms with Crippen LogP contribution >= 0.6 is 0 Å². The van der Waals surface area contributed by atoms with Gasteiger partial charge in [-0.1, -0.05) is 6.07 Å². The average molecular weight is 281 g/mol. The number of carboxylic acids is 1. The summed E-state index contributed by atoms with van der Waals surface area (Å²) in [6.07, 6.45) is 0.528. The van der Waals surface area contributed by atoms with Gasteiger partial charge in [-0.15, -0.1) is 0 Å². The second-order valence-electron chi connectivity index (χ2n) is 5.00. The van der Waals surface area contributed by atoms with Gasteiger partial charge in [0.2, 0.25) is 0 Å². The summed E-state index contributed by atoms with van der Waals surface area (Å²) in [6, 6.07) is 8.21. The molecule has 3 rings (SSSR count). The zero-order chi connectivity index (χ0) is 15.0. The summed E-state index contributed by atoms with van der Waals surface area (Å²) in [6.45, 7) is 0. The van der Waals surface area contributed by atoms with E-state index in [2.05, 4.69) is 4.98 Å². The van der Waals surface area contributed by atoms with Gasteiger partial charge in [0.25, 0.3) is 0 Å². The standard InChI is InChI=1S/C15H12BNO4/c16-10-5-8(1-4-14(19)20)6-12-15(10)21-13-7-9(18)2-3-11(13)17-12/h2-3,5-7H,1,4,16H2,(H,19,20). The van der Waals surface area contributed by atoms with Crippen LogP contribution in [0.15, 0.2) is 39.5 Å². The second kappa shape index (κ2) is 5.05. The van der Waals surface area contributed by atoms with Crippen LogP contribution in [0, 0.1) is 0 Å². The SMILES string of the molecule is Bc1cc(CCC(=O)O)cc2nc3ccc(=O)cc-3oc12. The summed E-state index contributed by atoms with van der Waals surface area (Å²) in [7, 11) is 1.88. The molecule has 21 heavy (non-hydrogen) atoms. The molecule has 0 saturated heterocycles. The van der Waals surface area contributed by atoms with Gasteiger partial charge in [-0.05, 0) is 35.6 Å². The number of carbonyl (C=O) groups is 1. The number of hydrogen-bond donors (Lipinski definition) is 1. The molecule has 1 aliphatic carbocycles. The molecule has 0 radical (unpaired) electrons. The van der Waals surface area contributed by atoms with Gasteiger partial charge in [0, 0.05) is 12.5 Å². The highest BCUT2D eigenvalue weighted by molar-refractivity contribution is 6.37. The van der Waals surface area contributed by atoms with Crippen molar-refractivity contribution < 1.29 is 14.3 Å². The van der Waals surface area contributed by atoms with Crippen molar-refractivity contribution in [1.82, 2.24) is 4.98 Å². The molecule has 0 bridgehead atoms. The fourth-order valence-corrected chi connectivity index (χ4v) is 2.35. The number of aromatic nitrogens is 1. The molecule has 0 unspecified atom stereocenters. The van der Waals surface area contributed by atoms with Crippen molar-refractivity contribution in [2.45, 2.75) is 12.8 Å². The van der Waals surface area contributed by atoms with Crippen LogP contribution in [-0.4, -0.2) is 23.9 Å². The lowest BCUT2D eigenvalue weighted by Gasteiger charge is -2.09. The Morgan fingerprint density at radius 1 is 1.29 bits per heavy atom. The maximum absolute atomic E-state index is 11.4. The molecule has 0 spiro atoms. The van der Waals surface area contributed by atoms with E-state index in [1.165, 1.54) is 12.1 Å². The number of aryl methyl sites for hydroxylation is 1. The Morgan fingerprint density at radius 2 is 2.10 bits per heavy atom. The first-order valence-corrected chi connectivity index (χ1v) is 6.59. The summed E-state index contributed by atoms with van der Waals surface area (Å²) in [5.74, 6) is -0.372. The average Bonchev–Trinajstić information content (AvgIpc) is 2.43. The van der Waals surface area contributed by atoms with Crippen LogP contribution < -0.4 is 10.9 Å². The highest BCUT2D eigenvalue weighted by atomic mass is 16.4. The molecule has 0 amide bonds. The third kappa shape index (κ3) is 2.65. The molecule has 104 valence electrons. The highest BCUT2D eigenvalue weighted by Gasteiger charge is 2.12. The van der Waals surface area contributed by atoms with Crippen molar-refractivity contribution in [1.29, 1.82) is 0 Å². The van der Waals surface area contributed by atoms with Crippen LogP contribution in [0.1, 0.15) is 12.0 Å². The first-order valence-electron chi connectivity index (χ1n) is 6.59. The lowest BCUT2D eigenvalue weighted by Crippen LogP contribution is -2.09. The largest absolute Gasteiger partial charge is 0.481 e. The number of fused-ring (bicyclic) bond motifs is 2. The monoisotopic (exact) mass is 281 g/mol. The summed E-state index contributed by atoms with van der Waals surface area (Å²) in [5, 5.41) is 8.76. The molecule has 0 saturated carbocycles. The minimum atomic E-state index is -0.827. The van der Waals surface area contributed by atoms with Gasteiger partial charge in [0.05, 0.1) is 0 Å². The van der Waals surface area contributed by atoms with Crippen molar-refractivity contribution in [3.8, 4) is 11.5 Å². The minimum absolute atomic E-state index is 0.0786. The quantitative estimate of drug-likeness (QED) is 0.560. The van der Waals surface area contributed by atoms with Crippen LogP contribution in [0.2, 0.25) is 0 Å². The molecule has 6 heteroatoms. The van der Waals surface area contributed by atoms with E-state index in [0.717, 1.165) is 11.0 Å². The van der Waals surface area contributed by atoms with Crippen LogP contribution in [0.25, 0.3) is 22.6 Å². The Balaban J connectivity index is 2.16. The Bertz CT molecular complexity index is 871. The molecular weight excluding hydrogens is 269 g/mol. The molecule has 1 aromatic rings. The highest BCUT2D eigenvalue weighted by Crippen LogP contribution is 2.23. The molecular formula is C15H12BNO4. The maximum Gasteiger partial charge on any atom is 0.303 e. The third-order valence-corrected chi connectivity index (χ3v) is 3.33. The van der Waals surface area contributed by atoms with E-state index in [0.29, 0.717) is 29.0 Å². The Hall–Kier alpha value is -2.63. The Morgan fingerprint density at radius 3 is 2.86 bits per heavy atom. The van der Waals surface area contributed by atoms with Gasteiger partial charge in [-0.2, -0.15) is 0 Å². The van der Waals surface area contributed by atoms with E-state index in [4.69, 9.17) is 9.52 Å². The summed E-state index contributed by atoms with van der Waals surface area (Å²) < 4.78 is 5.76. The smallest absolute Gasteiger partial charge is 0.303 e. The molecule has 5 nitrogen and oxygen atoms in total. The molecule has 2 aliphatic rings. The number of benzene rings is 2. The van der Waals surface area contributed by atoms with Crippen molar-refractivity contribution >= 4 is 30.4 Å². The molecule has 0 aromatic heterocycles. The fourth-order valence-electron chi connectivity index (χ4n) is 2.35. The van der Waals surface area contributed by atoms with E-state index in [1.807, 2.05) is 20.0 Å². The molecule has 0 atom stereocenters. The van der Waals surface area contributed by atoms with E-state index >= 15 is 0 Å². The first kappa shape index (κ1) is 13.4. The van der Waals surface area contributed by atoms with Crippen LogP contribution in [0.4, 0.5) is 0 Å². The number of aliphatic carboxylic acids is 1. The fraction of sp³-hybridized carbons (Fsp3) is 0.133. The number of rotatable bonds is 3. The number of nitrogens with zero attached hydrogens (tertiary/aromatic N) is 1. The number of carboxylic acid groups (broad SMARTS) is 1. The maximum atomic E-state index is 11.4.